The van der Waals surface area contributed by atoms with Crippen molar-refractivity contribution in [3.05, 3.63) is 81.1 Å². The number of methoxy groups -OCH3 is 1. The van der Waals surface area contributed by atoms with Gasteiger partial charge in [-0.25, -0.2) is 4.79 Å². The molecule has 3 rings (SSSR count). The topological polar surface area (TPSA) is 42.7 Å². The highest BCUT2D eigenvalue weighted by atomic mass is 79.9. The van der Waals surface area contributed by atoms with Crippen LogP contribution >= 0.6 is 15.9 Å². The number of allylic oxidation sites excluding steroid dienone is 1. The highest BCUT2D eigenvalue weighted by molar-refractivity contribution is 9.10. The van der Waals surface area contributed by atoms with Gasteiger partial charge in [-0.3, -0.25) is 0 Å². The van der Waals surface area contributed by atoms with E-state index in [9.17, 15) is 4.79 Å². The molecule has 0 N–H and O–H groups in total. The molecule has 0 fully saturated rings. The van der Waals surface area contributed by atoms with E-state index in [1.807, 2.05) is 49.5 Å². The quantitative estimate of drug-likeness (QED) is 0.424. The molecule has 5 heteroatoms. The number of halogens is 1. The second kappa shape index (κ2) is 7.79. The van der Waals surface area contributed by atoms with E-state index in [-0.39, 0.29) is 5.63 Å². The highest BCUT2D eigenvalue weighted by Crippen LogP contribution is 2.31. The van der Waals surface area contributed by atoms with Gasteiger partial charge in [0.05, 0.1) is 7.11 Å². The van der Waals surface area contributed by atoms with Crippen LogP contribution < -0.4 is 15.3 Å². The van der Waals surface area contributed by atoms with E-state index >= 15 is 0 Å². The number of benzene rings is 2. The maximum absolute atomic E-state index is 11.5. The monoisotopic (exact) mass is 413 g/mol. The number of hydrogen-bond donors (Lipinski definition) is 0. The van der Waals surface area contributed by atoms with E-state index in [2.05, 4.69) is 27.4 Å². The Morgan fingerprint density at radius 3 is 2.77 bits per heavy atom. The smallest absolute Gasteiger partial charge is 0.336 e. The third-order valence-corrected chi connectivity index (χ3v) is 5.08. The minimum atomic E-state index is -0.344. The van der Waals surface area contributed by atoms with Gasteiger partial charge in [-0.15, -0.1) is 6.58 Å². The van der Waals surface area contributed by atoms with Gasteiger partial charge in [0, 0.05) is 35.2 Å². The second-order valence-electron chi connectivity index (χ2n) is 6.04. The summed E-state index contributed by atoms with van der Waals surface area (Å²) in [6, 6.07) is 13.0. The number of ether oxygens (including phenoxy) is 1. The zero-order chi connectivity index (χ0) is 18.7. The summed E-state index contributed by atoms with van der Waals surface area (Å²) in [5.74, 6) is 0.822. The van der Waals surface area contributed by atoms with E-state index in [1.54, 1.807) is 7.11 Å². The van der Waals surface area contributed by atoms with Gasteiger partial charge in [0.25, 0.3) is 0 Å². The molecule has 0 atom stereocenters. The van der Waals surface area contributed by atoms with Gasteiger partial charge in [0.1, 0.15) is 11.3 Å². The van der Waals surface area contributed by atoms with Crippen LogP contribution in [0.3, 0.4) is 0 Å². The Morgan fingerprint density at radius 2 is 2.04 bits per heavy atom. The summed E-state index contributed by atoms with van der Waals surface area (Å²) >= 11 is 3.61. The second-order valence-corrected chi connectivity index (χ2v) is 6.89. The molecule has 134 valence electrons. The Bertz CT molecular complexity index is 1010. The van der Waals surface area contributed by atoms with Crippen LogP contribution in [0.5, 0.6) is 5.75 Å². The van der Waals surface area contributed by atoms with Crippen molar-refractivity contribution < 1.29 is 9.15 Å². The first-order valence-electron chi connectivity index (χ1n) is 8.23. The predicted octanol–water partition coefficient (Wildman–Crippen LogP) is 4.93. The van der Waals surface area contributed by atoms with Gasteiger partial charge in [-0.1, -0.05) is 22.0 Å². The van der Waals surface area contributed by atoms with Gasteiger partial charge in [-0.2, -0.15) is 0 Å². The number of hydrogen-bond acceptors (Lipinski definition) is 4. The Kier molecular flexibility index (Phi) is 5.47. The molecule has 0 aliphatic carbocycles. The van der Waals surface area contributed by atoms with Crippen LogP contribution in [-0.2, 0) is 13.0 Å². The first-order valence-corrected chi connectivity index (χ1v) is 9.03. The van der Waals surface area contributed by atoms with Crippen molar-refractivity contribution in [3.8, 4) is 5.75 Å². The number of rotatable bonds is 6. The lowest BCUT2D eigenvalue weighted by Crippen LogP contribution is -2.18. The Hall–Kier alpha value is -2.53. The summed E-state index contributed by atoms with van der Waals surface area (Å²) in [6.07, 6.45) is 2.54. The lowest BCUT2D eigenvalue weighted by molar-refractivity contribution is 0.414. The van der Waals surface area contributed by atoms with Crippen LogP contribution in [-0.4, -0.2) is 14.2 Å². The first-order chi connectivity index (χ1) is 12.5. The Labute approximate surface area is 160 Å². The highest BCUT2D eigenvalue weighted by Gasteiger charge is 2.14. The van der Waals surface area contributed by atoms with E-state index in [0.717, 1.165) is 32.4 Å². The van der Waals surface area contributed by atoms with Crippen LogP contribution in [0.4, 0.5) is 5.69 Å². The molecule has 0 aliphatic rings. The van der Waals surface area contributed by atoms with Crippen molar-refractivity contribution in [3.63, 3.8) is 0 Å². The summed E-state index contributed by atoms with van der Waals surface area (Å²) < 4.78 is 11.7. The van der Waals surface area contributed by atoms with Crippen molar-refractivity contribution in [2.24, 2.45) is 0 Å². The van der Waals surface area contributed by atoms with Crippen molar-refractivity contribution >= 4 is 32.6 Å². The molecular weight excluding hydrogens is 394 g/mol. The molecule has 0 spiro atoms. The van der Waals surface area contributed by atoms with Crippen LogP contribution in [0.2, 0.25) is 0 Å². The maximum atomic E-state index is 11.5. The third kappa shape index (κ3) is 3.68. The van der Waals surface area contributed by atoms with Crippen molar-refractivity contribution in [1.82, 2.24) is 0 Å². The lowest BCUT2D eigenvalue weighted by Gasteiger charge is -2.24. The minimum Gasteiger partial charge on any atom is -0.497 e. The minimum absolute atomic E-state index is 0.344. The van der Waals surface area contributed by atoms with E-state index in [0.29, 0.717) is 18.5 Å². The summed E-state index contributed by atoms with van der Waals surface area (Å²) in [5.41, 5.74) is 3.53. The summed E-state index contributed by atoms with van der Waals surface area (Å²) in [5, 5.41) is 0.929. The van der Waals surface area contributed by atoms with Gasteiger partial charge < -0.3 is 14.1 Å². The molecule has 0 amide bonds. The summed E-state index contributed by atoms with van der Waals surface area (Å²) in [4.78, 5) is 13.7. The summed E-state index contributed by atoms with van der Waals surface area (Å²) in [6.45, 7) is 4.57. The molecule has 0 bridgehead atoms. The standard InChI is InChI=1S/C21H20BrNO3/c1-4-5-16-17-7-11-21(24)26-20(17)10-9-19(16)23(2)13-14-12-15(25-3)6-8-18(14)22/h4,6-12H,1,5,13H2,2-3H3. The molecule has 1 heterocycles. The van der Waals surface area contributed by atoms with Gasteiger partial charge in [0.2, 0.25) is 0 Å². The molecule has 2 aromatic carbocycles. The molecule has 1 aromatic heterocycles. The number of anilines is 1. The molecule has 0 radical (unpaired) electrons. The Balaban J connectivity index is 2.03. The lowest BCUT2D eigenvalue weighted by atomic mass is 10.0. The van der Waals surface area contributed by atoms with Crippen LogP contribution in [0, 0.1) is 0 Å². The molecule has 4 nitrogen and oxygen atoms in total. The van der Waals surface area contributed by atoms with Gasteiger partial charge in [-0.05, 0) is 53.9 Å². The van der Waals surface area contributed by atoms with Crippen LogP contribution in [0.25, 0.3) is 11.0 Å². The molecule has 0 saturated heterocycles. The molecule has 0 aliphatic heterocycles. The molecule has 3 aromatic rings. The largest absolute Gasteiger partial charge is 0.497 e. The fourth-order valence-electron chi connectivity index (χ4n) is 3.05. The van der Waals surface area contributed by atoms with Crippen LogP contribution in [0.15, 0.2) is 68.8 Å². The predicted molar refractivity (Wildman–Crippen MR) is 109 cm³/mol. The third-order valence-electron chi connectivity index (χ3n) is 4.31. The van der Waals surface area contributed by atoms with Crippen LogP contribution in [0.1, 0.15) is 11.1 Å². The summed E-state index contributed by atoms with van der Waals surface area (Å²) in [7, 11) is 3.70. The van der Waals surface area contributed by atoms with E-state index in [1.165, 1.54) is 6.07 Å². The van der Waals surface area contributed by atoms with E-state index in [4.69, 9.17) is 9.15 Å². The fourth-order valence-corrected chi connectivity index (χ4v) is 3.43. The average molecular weight is 414 g/mol. The molecule has 0 saturated carbocycles. The van der Waals surface area contributed by atoms with E-state index < -0.39 is 0 Å². The van der Waals surface area contributed by atoms with Crippen molar-refractivity contribution in [2.75, 3.05) is 19.1 Å². The first kappa shape index (κ1) is 18.3. The molecule has 26 heavy (non-hydrogen) atoms. The zero-order valence-electron chi connectivity index (χ0n) is 14.8. The normalized spacial score (nSPS) is 10.7. The van der Waals surface area contributed by atoms with Gasteiger partial charge in [0.15, 0.2) is 0 Å². The maximum Gasteiger partial charge on any atom is 0.336 e. The average Bonchev–Trinajstić information content (AvgIpc) is 2.63. The molecular formula is C21H20BrNO3. The van der Waals surface area contributed by atoms with Gasteiger partial charge >= 0.3 is 5.63 Å². The fraction of sp³-hybridized carbons (Fsp3) is 0.190. The zero-order valence-corrected chi connectivity index (χ0v) is 16.4. The van der Waals surface area contributed by atoms with Crippen molar-refractivity contribution in [1.29, 1.82) is 0 Å². The Morgan fingerprint density at radius 1 is 1.23 bits per heavy atom. The number of nitrogens with zero attached hydrogens (tertiary/aromatic N) is 1. The SMILES string of the molecule is C=CCc1c(N(C)Cc2cc(OC)ccc2Br)ccc2oc(=O)ccc12. The number of fused-ring (bicyclic) bond motifs is 1. The molecule has 0 unspecified atom stereocenters. The van der Waals surface area contributed by atoms with Crippen molar-refractivity contribution in [2.45, 2.75) is 13.0 Å².